The van der Waals surface area contributed by atoms with Crippen LogP contribution >= 0.6 is 11.6 Å². The average Bonchev–Trinajstić information content (AvgIpc) is 2.40. The first-order valence-electron chi connectivity index (χ1n) is 6.85. The van der Waals surface area contributed by atoms with Crippen LogP contribution in [-0.4, -0.2) is 17.8 Å². The molecule has 0 bridgehead atoms. The lowest BCUT2D eigenvalue weighted by Gasteiger charge is -2.23. The Morgan fingerprint density at radius 3 is 2.47 bits per heavy atom. The van der Waals surface area contributed by atoms with E-state index < -0.39 is 5.82 Å². The van der Waals surface area contributed by atoms with E-state index in [1.807, 2.05) is 6.92 Å². The highest BCUT2D eigenvalue weighted by Gasteiger charge is 2.16. The van der Waals surface area contributed by atoms with Gasteiger partial charge < -0.3 is 10.4 Å². The summed E-state index contributed by atoms with van der Waals surface area (Å²) in [6.07, 6.45) is 1.58. The van der Waals surface area contributed by atoms with Crippen molar-refractivity contribution in [1.29, 1.82) is 0 Å². The molecule has 0 aliphatic rings. The standard InChI is InChI=1S/C15H23ClFNO/c1-4-11(5-2)15(19)9-18-10(3)12-6-7-14(17)13(16)8-12/h6-8,10-11,15,18-19H,4-5,9H2,1-3H3. The third-order valence-corrected chi connectivity index (χ3v) is 3.96. The number of rotatable bonds is 7. The molecule has 0 radical (unpaired) electrons. The Morgan fingerprint density at radius 2 is 1.95 bits per heavy atom. The lowest BCUT2D eigenvalue weighted by atomic mass is 9.96. The number of aliphatic hydroxyl groups excluding tert-OH is 1. The van der Waals surface area contributed by atoms with Crippen LogP contribution in [0.25, 0.3) is 0 Å². The maximum Gasteiger partial charge on any atom is 0.141 e. The van der Waals surface area contributed by atoms with Gasteiger partial charge in [0, 0.05) is 12.6 Å². The third kappa shape index (κ3) is 4.75. The highest BCUT2D eigenvalue weighted by molar-refractivity contribution is 6.30. The van der Waals surface area contributed by atoms with E-state index in [-0.39, 0.29) is 17.2 Å². The second-order valence-corrected chi connectivity index (χ2v) is 5.35. The van der Waals surface area contributed by atoms with Gasteiger partial charge in [0.05, 0.1) is 11.1 Å². The highest BCUT2D eigenvalue weighted by Crippen LogP contribution is 2.21. The van der Waals surface area contributed by atoms with Gasteiger partial charge in [-0.05, 0) is 30.5 Å². The van der Waals surface area contributed by atoms with Crippen LogP contribution in [0.15, 0.2) is 18.2 Å². The minimum absolute atomic E-state index is 0.0297. The molecular formula is C15H23ClFNO. The first-order chi connectivity index (χ1) is 8.99. The van der Waals surface area contributed by atoms with Crippen molar-refractivity contribution in [2.75, 3.05) is 6.54 Å². The van der Waals surface area contributed by atoms with Crippen LogP contribution in [0.1, 0.15) is 45.2 Å². The van der Waals surface area contributed by atoms with Gasteiger partial charge in [0.25, 0.3) is 0 Å². The average molecular weight is 288 g/mol. The fourth-order valence-electron chi connectivity index (χ4n) is 2.20. The van der Waals surface area contributed by atoms with Crippen LogP contribution < -0.4 is 5.32 Å². The molecule has 0 fully saturated rings. The number of nitrogens with one attached hydrogen (secondary N) is 1. The fraction of sp³-hybridized carbons (Fsp3) is 0.600. The van der Waals surface area contributed by atoms with E-state index in [2.05, 4.69) is 19.2 Å². The quantitative estimate of drug-likeness (QED) is 0.796. The summed E-state index contributed by atoms with van der Waals surface area (Å²) < 4.78 is 13.1. The maximum atomic E-state index is 13.1. The Morgan fingerprint density at radius 1 is 1.32 bits per heavy atom. The molecule has 19 heavy (non-hydrogen) atoms. The van der Waals surface area contributed by atoms with Crippen molar-refractivity contribution in [2.45, 2.75) is 45.8 Å². The second kappa shape index (κ2) is 7.83. The van der Waals surface area contributed by atoms with Gasteiger partial charge in [0.2, 0.25) is 0 Å². The van der Waals surface area contributed by atoms with E-state index in [4.69, 9.17) is 11.6 Å². The summed E-state index contributed by atoms with van der Waals surface area (Å²) in [5.74, 6) is -0.0915. The normalized spacial score (nSPS) is 14.7. The smallest absolute Gasteiger partial charge is 0.141 e. The van der Waals surface area contributed by atoms with E-state index >= 15 is 0 Å². The van der Waals surface area contributed by atoms with Gasteiger partial charge >= 0.3 is 0 Å². The lowest BCUT2D eigenvalue weighted by molar-refractivity contribution is 0.0989. The predicted octanol–water partition coefficient (Wildman–Crippen LogP) is 3.93. The zero-order valence-corrected chi connectivity index (χ0v) is 12.5. The summed E-state index contributed by atoms with van der Waals surface area (Å²) >= 11 is 5.76. The zero-order chi connectivity index (χ0) is 14.4. The molecule has 0 aromatic heterocycles. The SMILES string of the molecule is CCC(CC)C(O)CNC(C)c1ccc(F)c(Cl)c1. The fourth-order valence-corrected chi connectivity index (χ4v) is 2.39. The molecule has 2 atom stereocenters. The first-order valence-corrected chi connectivity index (χ1v) is 7.23. The Labute approximate surface area is 120 Å². The molecule has 2 N–H and O–H groups in total. The van der Waals surface area contributed by atoms with E-state index in [1.54, 1.807) is 12.1 Å². The van der Waals surface area contributed by atoms with Gasteiger partial charge in [-0.2, -0.15) is 0 Å². The molecule has 0 saturated heterocycles. The van der Waals surface area contributed by atoms with Gasteiger partial charge in [-0.25, -0.2) is 4.39 Å². The topological polar surface area (TPSA) is 32.3 Å². The summed E-state index contributed by atoms with van der Waals surface area (Å²) in [5.41, 5.74) is 0.920. The van der Waals surface area contributed by atoms with Crippen molar-refractivity contribution in [2.24, 2.45) is 5.92 Å². The van der Waals surface area contributed by atoms with E-state index in [0.717, 1.165) is 18.4 Å². The zero-order valence-electron chi connectivity index (χ0n) is 11.8. The van der Waals surface area contributed by atoms with E-state index in [9.17, 15) is 9.50 Å². The lowest BCUT2D eigenvalue weighted by Crippen LogP contribution is -2.33. The molecule has 1 aromatic rings. The molecule has 2 nitrogen and oxygen atoms in total. The van der Waals surface area contributed by atoms with Crippen molar-refractivity contribution in [1.82, 2.24) is 5.32 Å². The maximum absolute atomic E-state index is 13.1. The molecule has 2 unspecified atom stereocenters. The first kappa shape index (κ1) is 16.4. The van der Waals surface area contributed by atoms with Gasteiger partial charge in [0.15, 0.2) is 0 Å². The van der Waals surface area contributed by atoms with Gasteiger partial charge in [-0.3, -0.25) is 0 Å². The Kier molecular flexibility index (Phi) is 6.76. The minimum atomic E-state index is -0.408. The van der Waals surface area contributed by atoms with Crippen molar-refractivity contribution in [3.8, 4) is 0 Å². The van der Waals surface area contributed by atoms with Crippen LogP contribution in [0, 0.1) is 11.7 Å². The molecule has 4 heteroatoms. The molecule has 0 spiro atoms. The van der Waals surface area contributed by atoms with Crippen LogP contribution in [-0.2, 0) is 0 Å². The third-order valence-electron chi connectivity index (χ3n) is 3.67. The molecule has 0 aliphatic heterocycles. The van der Waals surface area contributed by atoms with Crippen molar-refractivity contribution < 1.29 is 9.50 Å². The number of benzene rings is 1. The summed E-state index contributed by atoms with van der Waals surface area (Å²) in [6, 6.07) is 4.73. The Bertz CT molecular complexity index is 396. The van der Waals surface area contributed by atoms with Crippen LogP contribution in [0.3, 0.4) is 0 Å². The molecular weight excluding hydrogens is 265 g/mol. The molecule has 0 heterocycles. The number of aliphatic hydroxyl groups is 1. The van der Waals surface area contributed by atoms with Crippen molar-refractivity contribution in [3.05, 3.63) is 34.6 Å². The van der Waals surface area contributed by atoms with E-state index in [1.165, 1.54) is 6.07 Å². The number of hydrogen-bond donors (Lipinski definition) is 2. The number of halogens is 2. The number of hydrogen-bond acceptors (Lipinski definition) is 2. The van der Waals surface area contributed by atoms with Crippen molar-refractivity contribution >= 4 is 11.6 Å². The summed E-state index contributed by atoms with van der Waals surface area (Å²) in [7, 11) is 0. The van der Waals surface area contributed by atoms with Crippen LogP contribution in [0.2, 0.25) is 5.02 Å². The molecule has 108 valence electrons. The molecule has 1 rings (SSSR count). The predicted molar refractivity (Wildman–Crippen MR) is 77.9 cm³/mol. The summed E-state index contributed by atoms with van der Waals surface area (Å²) in [4.78, 5) is 0. The Balaban J connectivity index is 2.55. The second-order valence-electron chi connectivity index (χ2n) is 4.95. The van der Waals surface area contributed by atoms with Gasteiger partial charge in [0.1, 0.15) is 5.82 Å². The van der Waals surface area contributed by atoms with Crippen LogP contribution in [0.5, 0.6) is 0 Å². The van der Waals surface area contributed by atoms with Crippen LogP contribution in [0.4, 0.5) is 4.39 Å². The van der Waals surface area contributed by atoms with Gasteiger partial charge in [-0.1, -0.05) is 44.4 Å². The Hall–Kier alpha value is -0.640. The summed E-state index contributed by atoms with van der Waals surface area (Å²) in [6.45, 7) is 6.67. The minimum Gasteiger partial charge on any atom is -0.392 e. The highest BCUT2D eigenvalue weighted by atomic mass is 35.5. The largest absolute Gasteiger partial charge is 0.392 e. The molecule has 1 aromatic carbocycles. The van der Waals surface area contributed by atoms with E-state index in [0.29, 0.717) is 12.5 Å². The molecule has 0 aliphatic carbocycles. The summed E-state index contributed by atoms with van der Waals surface area (Å²) in [5, 5.41) is 13.4. The monoisotopic (exact) mass is 287 g/mol. The molecule has 0 amide bonds. The molecule has 0 saturated carbocycles. The van der Waals surface area contributed by atoms with Gasteiger partial charge in [-0.15, -0.1) is 0 Å². The van der Waals surface area contributed by atoms with Crippen molar-refractivity contribution in [3.63, 3.8) is 0 Å².